The molecule has 1 aliphatic rings. The molecule has 1 aromatic heterocycles. The van der Waals surface area contributed by atoms with Crippen molar-refractivity contribution in [3.8, 4) is 0 Å². The number of carbonyl (C=O) groups is 3. The first-order chi connectivity index (χ1) is 19.1. The van der Waals surface area contributed by atoms with Gasteiger partial charge in [0.1, 0.15) is 17.2 Å². The molecule has 3 amide bonds. The molecule has 0 saturated carbocycles. The number of hydrogen-bond donors (Lipinski definition) is 2. The van der Waals surface area contributed by atoms with Gasteiger partial charge < -0.3 is 15.5 Å². The summed E-state index contributed by atoms with van der Waals surface area (Å²) in [6, 6.07) is 11.7. The Morgan fingerprint density at radius 1 is 1.02 bits per heavy atom. The minimum Gasteiger partial charge on any atom is -0.355 e. The van der Waals surface area contributed by atoms with Gasteiger partial charge in [-0.1, -0.05) is 32.0 Å². The molecule has 40 heavy (non-hydrogen) atoms. The van der Waals surface area contributed by atoms with E-state index in [0.717, 1.165) is 30.6 Å². The van der Waals surface area contributed by atoms with Crippen molar-refractivity contribution in [2.75, 3.05) is 30.4 Å². The third-order valence-corrected chi connectivity index (χ3v) is 6.29. The van der Waals surface area contributed by atoms with Crippen LogP contribution in [0.4, 0.5) is 27.3 Å². The number of likely N-dealkylation sites (tertiary alicyclic amines) is 1. The van der Waals surface area contributed by atoms with E-state index < -0.39 is 17.3 Å². The third-order valence-electron chi connectivity index (χ3n) is 6.29. The van der Waals surface area contributed by atoms with Crippen LogP contribution in [0.1, 0.15) is 47.3 Å². The van der Waals surface area contributed by atoms with Crippen molar-refractivity contribution in [2.45, 2.75) is 41.0 Å². The van der Waals surface area contributed by atoms with Gasteiger partial charge in [-0.2, -0.15) is 0 Å². The van der Waals surface area contributed by atoms with Gasteiger partial charge in [-0.15, -0.1) is 0 Å². The van der Waals surface area contributed by atoms with E-state index in [1.165, 1.54) is 42.1 Å². The number of aromatic nitrogens is 1. The number of anilines is 4. The quantitative estimate of drug-likeness (QED) is 0.414. The Morgan fingerprint density at radius 3 is 2.15 bits per heavy atom. The fourth-order valence-electron chi connectivity index (χ4n) is 4.02. The fourth-order valence-corrected chi connectivity index (χ4v) is 4.02. The number of hydrogen-bond acceptors (Lipinski definition) is 5. The minimum absolute atomic E-state index is 0.0423. The lowest BCUT2D eigenvalue weighted by Crippen LogP contribution is -2.35. The van der Waals surface area contributed by atoms with Crippen LogP contribution in [0.25, 0.3) is 0 Å². The van der Waals surface area contributed by atoms with Gasteiger partial charge >= 0.3 is 0 Å². The molecular weight excluding hydrogens is 513 g/mol. The zero-order valence-electron chi connectivity index (χ0n) is 24.2. The van der Waals surface area contributed by atoms with E-state index in [2.05, 4.69) is 10.6 Å². The van der Waals surface area contributed by atoms with Crippen LogP contribution in [0.3, 0.4) is 0 Å². The van der Waals surface area contributed by atoms with Gasteiger partial charge in [0.2, 0.25) is 12.8 Å². The maximum Gasteiger partial charge on any atom is 0.256 e. The van der Waals surface area contributed by atoms with Crippen LogP contribution in [-0.4, -0.2) is 48.3 Å². The lowest BCUT2D eigenvalue weighted by atomic mass is 10.1. The summed E-state index contributed by atoms with van der Waals surface area (Å²) in [5, 5.41) is 5.44. The average Bonchev–Trinajstić information content (AvgIpc) is 2.92. The van der Waals surface area contributed by atoms with Gasteiger partial charge in [-0.05, 0) is 62.6 Å². The van der Waals surface area contributed by atoms with Crippen LogP contribution < -0.4 is 21.1 Å². The van der Waals surface area contributed by atoms with Gasteiger partial charge in [0, 0.05) is 38.4 Å². The number of rotatable bonds is 7. The molecule has 0 spiro atoms. The lowest BCUT2D eigenvalue weighted by Gasteiger charge is -2.26. The van der Waals surface area contributed by atoms with Gasteiger partial charge in [0.15, 0.2) is 0 Å². The molecule has 9 nitrogen and oxygen atoms in total. The van der Waals surface area contributed by atoms with E-state index in [1.54, 1.807) is 43.0 Å². The Hall–Kier alpha value is -4.47. The highest BCUT2D eigenvalue weighted by atomic mass is 19.1. The molecule has 4 rings (SSSR count). The molecule has 10 heteroatoms. The van der Waals surface area contributed by atoms with Gasteiger partial charge in [0.25, 0.3) is 11.5 Å². The lowest BCUT2D eigenvalue weighted by molar-refractivity contribution is -0.121. The first-order valence-corrected chi connectivity index (χ1v) is 13.1. The summed E-state index contributed by atoms with van der Waals surface area (Å²) in [6.07, 6.45) is 2.64. The normalized spacial score (nSPS) is 11.6. The summed E-state index contributed by atoms with van der Waals surface area (Å²) in [4.78, 5) is 51.0. The average molecular weight is 552 g/mol. The Morgan fingerprint density at radius 2 is 1.68 bits per heavy atom. The molecule has 0 unspecified atom stereocenters. The number of nitrogens with one attached hydrogen (secondary N) is 2. The summed E-state index contributed by atoms with van der Waals surface area (Å²) in [5.74, 6) is -1.00. The smallest absolute Gasteiger partial charge is 0.256 e. The highest BCUT2D eigenvalue weighted by molar-refractivity contribution is 6.08. The summed E-state index contributed by atoms with van der Waals surface area (Å²) in [6.45, 7) is 11.1. The van der Waals surface area contributed by atoms with Crippen molar-refractivity contribution < 1.29 is 18.8 Å². The van der Waals surface area contributed by atoms with Crippen molar-refractivity contribution in [1.29, 1.82) is 0 Å². The monoisotopic (exact) mass is 551 g/mol. The molecule has 3 aromatic rings. The second-order valence-electron chi connectivity index (χ2n) is 9.06. The first-order valence-electron chi connectivity index (χ1n) is 13.1. The van der Waals surface area contributed by atoms with E-state index >= 15 is 0 Å². The molecule has 2 N–H and O–H groups in total. The molecule has 0 atom stereocenters. The minimum atomic E-state index is -0.534. The van der Waals surface area contributed by atoms with Crippen LogP contribution in [0.5, 0.6) is 0 Å². The molecule has 214 valence electrons. The predicted octanol–water partition coefficient (Wildman–Crippen LogP) is 4.72. The number of halogens is 1. The second kappa shape index (κ2) is 14.6. The Kier molecular flexibility index (Phi) is 11.6. The fraction of sp³-hybridized carbons (Fsp3) is 0.333. The van der Waals surface area contributed by atoms with E-state index in [9.17, 15) is 23.6 Å². The molecule has 0 radical (unpaired) electrons. The summed E-state index contributed by atoms with van der Waals surface area (Å²) in [5.41, 5.74) is 2.16. The van der Waals surface area contributed by atoms with Gasteiger partial charge in [0.05, 0.1) is 11.4 Å². The first kappa shape index (κ1) is 31.7. The van der Waals surface area contributed by atoms with Crippen LogP contribution in [0, 0.1) is 26.6 Å². The van der Waals surface area contributed by atoms with Crippen molar-refractivity contribution in [1.82, 2.24) is 14.8 Å². The molecule has 0 aliphatic carbocycles. The number of amides is 3. The zero-order valence-corrected chi connectivity index (χ0v) is 24.2. The van der Waals surface area contributed by atoms with E-state index in [1.807, 2.05) is 26.8 Å². The molecule has 0 bridgehead atoms. The van der Waals surface area contributed by atoms with Crippen molar-refractivity contribution >= 4 is 41.6 Å². The standard InChI is InChI=1S/C24H25FN4O3.C4H7NO.C2H6/c1-14-7-6-8-17(11-14)29(13-30)21-16(3)24(32)28(5)22(20(21)23(31)26-4)27-19-10-9-15(2)12-18(19)25;6-4-5-2-1-3-5;1-2/h6-13,27H,1-5H3,(H,26,31);4H,1-3H2;1-2H3. The molecule has 2 heterocycles. The number of aryl methyl sites for hydroxylation is 2. The van der Waals surface area contributed by atoms with Crippen molar-refractivity contribution in [3.63, 3.8) is 0 Å². The van der Waals surface area contributed by atoms with E-state index in [4.69, 9.17) is 0 Å². The molecular formula is C30H38FN5O4. The Balaban J connectivity index is 0.000000609. The van der Waals surface area contributed by atoms with E-state index in [0.29, 0.717) is 12.1 Å². The van der Waals surface area contributed by atoms with Crippen LogP contribution in [0.15, 0.2) is 47.3 Å². The number of benzene rings is 2. The number of pyridine rings is 1. The topological polar surface area (TPSA) is 104 Å². The zero-order chi connectivity index (χ0) is 30.0. The van der Waals surface area contributed by atoms with Crippen molar-refractivity contribution in [3.05, 3.63) is 80.9 Å². The largest absolute Gasteiger partial charge is 0.355 e. The van der Waals surface area contributed by atoms with Crippen molar-refractivity contribution in [2.24, 2.45) is 7.05 Å². The SMILES string of the molecule is CC.CNC(=O)c1c(N(C=O)c2cccc(C)c2)c(C)c(=O)n(C)c1Nc1ccc(C)cc1F.O=CN1CCC1. The molecule has 1 saturated heterocycles. The third kappa shape index (κ3) is 7.13. The highest BCUT2D eigenvalue weighted by Crippen LogP contribution is 2.35. The van der Waals surface area contributed by atoms with Gasteiger partial charge in [-0.25, -0.2) is 4.39 Å². The summed E-state index contributed by atoms with van der Waals surface area (Å²) >= 11 is 0. The predicted molar refractivity (Wildman–Crippen MR) is 157 cm³/mol. The second-order valence-corrected chi connectivity index (χ2v) is 9.06. The maximum absolute atomic E-state index is 14.6. The van der Waals surface area contributed by atoms with Gasteiger partial charge in [-0.3, -0.25) is 28.6 Å². The number of nitrogens with zero attached hydrogens (tertiary/aromatic N) is 3. The van der Waals surface area contributed by atoms with Crippen LogP contribution in [0.2, 0.25) is 0 Å². The highest BCUT2D eigenvalue weighted by Gasteiger charge is 2.28. The summed E-state index contributed by atoms with van der Waals surface area (Å²) in [7, 11) is 2.93. The number of carbonyl (C=O) groups excluding carboxylic acids is 3. The van der Waals surface area contributed by atoms with Crippen LogP contribution >= 0.6 is 0 Å². The maximum atomic E-state index is 14.6. The Labute approximate surface area is 234 Å². The molecule has 2 aromatic carbocycles. The Bertz CT molecular complexity index is 1420. The molecule has 1 fully saturated rings. The summed E-state index contributed by atoms with van der Waals surface area (Å²) < 4.78 is 15.8. The van der Waals surface area contributed by atoms with Crippen LogP contribution in [-0.2, 0) is 16.6 Å². The van der Waals surface area contributed by atoms with E-state index in [-0.39, 0.29) is 28.3 Å². The molecule has 1 aliphatic heterocycles.